The molecule has 11 heteroatoms. The van der Waals surface area contributed by atoms with Gasteiger partial charge in [-0.25, -0.2) is 9.97 Å². The molecule has 0 unspecified atom stereocenters. The number of aromatic nitrogens is 2. The van der Waals surface area contributed by atoms with Gasteiger partial charge in [-0.1, -0.05) is 23.2 Å². The summed E-state index contributed by atoms with van der Waals surface area (Å²) in [5.74, 6) is -0.654. The van der Waals surface area contributed by atoms with Gasteiger partial charge in [0.1, 0.15) is 6.07 Å². The number of pyridine rings is 2. The predicted octanol–water partition coefficient (Wildman–Crippen LogP) is 1.93. The number of nitrogen functional groups attached to an aromatic ring is 1. The molecule has 0 bridgehead atoms. The molecule has 118 valence electrons. The zero-order chi connectivity index (χ0) is 17.6. The fourth-order valence-electron chi connectivity index (χ4n) is 1.31. The number of carbonyl (C=O) groups excluding carboxylic acids is 1. The minimum atomic E-state index is -0.697. The molecule has 4 N–H and O–H groups in total. The summed E-state index contributed by atoms with van der Waals surface area (Å²) in [5.41, 5.74) is 9.96. The van der Waals surface area contributed by atoms with Crippen LogP contribution in [0.2, 0.25) is 10.0 Å². The molecular formula is C12H8Cl2N6O3. The Bertz CT molecular complexity index is 806. The Morgan fingerprint density at radius 3 is 2.30 bits per heavy atom. The third-order valence-corrected chi connectivity index (χ3v) is 2.67. The van der Waals surface area contributed by atoms with Crippen molar-refractivity contribution in [3.8, 4) is 6.07 Å². The number of amides is 1. The first kappa shape index (κ1) is 18.1. The van der Waals surface area contributed by atoms with Crippen LogP contribution >= 0.6 is 23.2 Å². The summed E-state index contributed by atoms with van der Waals surface area (Å²) in [5, 5.41) is 19.2. The molecule has 0 aliphatic rings. The molecule has 0 aromatic carbocycles. The van der Waals surface area contributed by atoms with E-state index < -0.39 is 10.8 Å². The van der Waals surface area contributed by atoms with Crippen molar-refractivity contribution in [3.05, 3.63) is 56.1 Å². The Hall–Kier alpha value is -2.96. The molecule has 0 aliphatic heterocycles. The molecule has 0 radical (unpaired) electrons. The van der Waals surface area contributed by atoms with Gasteiger partial charge in [-0.05, 0) is 6.07 Å². The molecule has 2 heterocycles. The Morgan fingerprint density at radius 1 is 1.26 bits per heavy atom. The molecule has 0 aliphatic carbocycles. The zero-order valence-electron chi connectivity index (χ0n) is 11.2. The highest BCUT2D eigenvalue weighted by atomic mass is 35.5. The molecule has 2 rings (SSSR count). The zero-order valence-corrected chi connectivity index (χ0v) is 12.7. The number of nitrogens with zero attached hydrogens (tertiary/aromatic N) is 4. The van der Waals surface area contributed by atoms with Gasteiger partial charge < -0.3 is 11.5 Å². The molecule has 0 atom stereocenters. The third-order valence-electron chi connectivity index (χ3n) is 2.25. The molecule has 0 spiro atoms. The van der Waals surface area contributed by atoms with E-state index in [0.29, 0.717) is 5.02 Å². The van der Waals surface area contributed by atoms with Crippen LogP contribution in [0.1, 0.15) is 16.2 Å². The highest BCUT2D eigenvalue weighted by Crippen LogP contribution is 2.19. The number of halogens is 2. The topological polar surface area (TPSA) is 162 Å². The summed E-state index contributed by atoms with van der Waals surface area (Å²) in [7, 11) is 0. The van der Waals surface area contributed by atoms with Crippen LogP contribution in [0.15, 0.2) is 24.5 Å². The summed E-state index contributed by atoms with van der Waals surface area (Å²) < 4.78 is 0. The number of nitriles is 1. The Kier molecular flexibility index (Phi) is 6.20. The van der Waals surface area contributed by atoms with Crippen molar-refractivity contribution in [1.82, 2.24) is 9.97 Å². The van der Waals surface area contributed by atoms with Crippen LogP contribution in [0.4, 0.5) is 11.4 Å². The Morgan fingerprint density at radius 2 is 1.83 bits per heavy atom. The van der Waals surface area contributed by atoms with Crippen LogP contribution in [-0.2, 0) is 0 Å². The normalized spacial score (nSPS) is 9.26. The second-order valence-electron chi connectivity index (χ2n) is 3.85. The molecule has 0 fully saturated rings. The van der Waals surface area contributed by atoms with E-state index in [2.05, 4.69) is 9.97 Å². The SMILES string of the molecule is N#Cc1ncc(Cl)cc1[N+](=O)[O-].NC(=O)c1ncc(Cl)cc1N. The quantitative estimate of drug-likeness (QED) is 0.614. The van der Waals surface area contributed by atoms with Gasteiger partial charge >= 0.3 is 5.69 Å². The average molecular weight is 355 g/mol. The molecule has 2 aromatic heterocycles. The predicted molar refractivity (Wildman–Crippen MR) is 82.8 cm³/mol. The molecule has 23 heavy (non-hydrogen) atoms. The maximum atomic E-state index is 10.6. The van der Waals surface area contributed by atoms with E-state index in [4.69, 9.17) is 39.9 Å². The second kappa shape index (κ2) is 7.88. The van der Waals surface area contributed by atoms with Crippen molar-refractivity contribution in [1.29, 1.82) is 5.26 Å². The summed E-state index contributed by atoms with van der Waals surface area (Å²) >= 11 is 11.0. The van der Waals surface area contributed by atoms with Crippen molar-refractivity contribution < 1.29 is 9.72 Å². The number of primary amides is 1. The fraction of sp³-hybridized carbons (Fsp3) is 0. The van der Waals surface area contributed by atoms with Gasteiger partial charge in [0.25, 0.3) is 5.91 Å². The van der Waals surface area contributed by atoms with E-state index in [1.807, 2.05) is 0 Å². The monoisotopic (exact) mass is 354 g/mol. The Balaban J connectivity index is 0.000000231. The largest absolute Gasteiger partial charge is 0.397 e. The van der Waals surface area contributed by atoms with Crippen LogP contribution in [0.25, 0.3) is 0 Å². The van der Waals surface area contributed by atoms with Crippen LogP contribution < -0.4 is 11.5 Å². The maximum absolute atomic E-state index is 10.6. The number of nitro groups is 1. The van der Waals surface area contributed by atoms with Gasteiger partial charge in [0.2, 0.25) is 5.69 Å². The highest BCUT2D eigenvalue weighted by Gasteiger charge is 2.14. The third kappa shape index (κ3) is 5.06. The minimum Gasteiger partial charge on any atom is -0.397 e. The van der Waals surface area contributed by atoms with Crippen molar-refractivity contribution in [3.63, 3.8) is 0 Å². The summed E-state index contributed by atoms with van der Waals surface area (Å²) in [6.45, 7) is 0. The summed E-state index contributed by atoms with van der Waals surface area (Å²) in [6, 6.07) is 4.11. The lowest BCUT2D eigenvalue weighted by molar-refractivity contribution is -0.385. The minimum absolute atomic E-state index is 0.0504. The molecular weight excluding hydrogens is 347 g/mol. The van der Waals surface area contributed by atoms with Gasteiger partial charge in [-0.15, -0.1) is 0 Å². The van der Waals surface area contributed by atoms with E-state index in [1.54, 1.807) is 6.07 Å². The number of anilines is 1. The van der Waals surface area contributed by atoms with E-state index in [0.717, 1.165) is 6.07 Å². The smallest absolute Gasteiger partial charge is 0.307 e. The second-order valence-corrected chi connectivity index (χ2v) is 4.72. The lowest BCUT2D eigenvalue weighted by Crippen LogP contribution is -2.15. The molecule has 1 amide bonds. The van der Waals surface area contributed by atoms with Crippen molar-refractivity contribution in [2.45, 2.75) is 0 Å². The van der Waals surface area contributed by atoms with Crippen LogP contribution in [0.3, 0.4) is 0 Å². The van der Waals surface area contributed by atoms with Gasteiger partial charge in [-0.2, -0.15) is 5.26 Å². The lowest BCUT2D eigenvalue weighted by Gasteiger charge is -1.98. The molecule has 0 saturated carbocycles. The van der Waals surface area contributed by atoms with E-state index in [9.17, 15) is 14.9 Å². The van der Waals surface area contributed by atoms with Gasteiger partial charge in [0.15, 0.2) is 5.69 Å². The van der Waals surface area contributed by atoms with E-state index >= 15 is 0 Å². The lowest BCUT2D eigenvalue weighted by atomic mass is 10.3. The first-order valence-corrected chi connectivity index (χ1v) is 6.42. The molecule has 9 nitrogen and oxygen atoms in total. The molecule has 0 saturated heterocycles. The van der Waals surface area contributed by atoms with E-state index in [1.165, 1.54) is 18.5 Å². The van der Waals surface area contributed by atoms with Gasteiger partial charge in [0, 0.05) is 18.5 Å². The number of carbonyl (C=O) groups is 1. The number of nitrogens with two attached hydrogens (primary N) is 2. The Labute approximate surface area is 139 Å². The molecule has 2 aromatic rings. The van der Waals surface area contributed by atoms with Crippen molar-refractivity contribution in [2.24, 2.45) is 5.73 Å². The summed E-state index contributed by atoms with van der Waals surface area (Å²) in [4.78, 5) is 27.3. The first-order chi connectivity index (χ1) is 10.8. The van der Waals surface area contributed by atoms with Crippen molar-refractivity contribution in [2.75, 3.05) is 5.73 Å². The van der Waals surface area contributed by atoms with Crippen molar-refractivity contribution >= 4 is 40.5 Å². The average Bonchev–Trinajstić information content (AvgIpc) is 2.47. The highest BCUT2D eigenvalue weighted by molar-refractivity contribution is 6.31. The number of hydrogen-bond donors (Lipinski definition) is 2. The number of hydrogen-bond acceptors (Lipinski definition) is 7. The fourth-order valence-corrected chi connectivity index (χ4v) is 1.63. The van der Waals surface area contributed by atoms with Gasteiger partial charge in [-0.3, -0.25) is 14.9 Å². The van der Waals surface area contributed by atoms with E-state index in [-0.39, 0.29) is 27.8 Å². The summed E-state index contributed by atoms with van der Waals surface area (Å²) in [6.07, 6.45) is 2.51. The van der Waals surface area contributed by atoms with Crippen LogP contribution in [0, 0.1) is 21.4 Å². The van der Waals surface area contributed by atoms with Gasteiger partial charge in [0.05, 0.1) is 20.7 Å². The van der Waals surface area contributed by atoms with Crippen LogP contribution in [0.5, 0.6) is 0 Å². The first-order valence-electron chi connectivity index (χ1n) is 5.67. The standard InChI is InChI=1S/C6H2ClN3O2.C6H6ClN3O/c7-4-1-6(10(11)12)5(2-8)9-3-4;7-3-1-4(8)5(6(9)11)10-2-3/h1,3H;1-2H,8H2,(H2,9,11). The maximum Gasteiger partial charge on any atom is 0.307 e. The number of rotatable bonds is 2. The van der Waals surface area contributed by atoms with Crippen LogP contribution in [-0.4, -0.2) is 20.8 Å².